The Morgan fingerprint density at radius 3 is 2.56 bits per heavy atom. The summed E-state index contributed by atoms with van der Waals surface area (Å²) in [7, 11) is 0. The topological polar surface area (TPSA) is 61.3 Å². The van der Waals surface area contributed by atoms with E-state index >= 15 is 0 Å². The van der Waals surface area contributed by atoms with Crippen molar-refractivity contribution >= 4 is 11.5 Å². The summed E-state index contributed by atoms with van der Waals surface area (Å²) in [5.41, 5.74) is 3.38. The molecule has 0 bridgehead atoms. The third kappa shape index (κ3) is 4.77. The highest BCUT2D eigenvalue weighted by Gasteiger charge is 2.31. The molecule has 140 valence electrons. The molecule has 0 saturated carbocycles. The lowest BCUT2D eigenvalue weighted by atomic mass is 10.0. The van der Waals surface area contributed by atoms with Crippen LogP contribution < -0.4 is 10.4 Å². The molecule has 2 N–H and O–H groups in total. The van der Waals surface area contributed by atoms with E-state index in [1.165, 1.54) is 6.07 Å². The van der Waals surface area contributed by atoms with Crippen molar-refractivity contribution in [3.8, 4) is 11.8 Å². The van der Waals surface area contributed by atoms with Gasteiger partial charge in [0.2, 0.25) is 0 Å². The van der Waals surface area contributed by atoms with Gasteiger partial charge in [-0.05, 0) is 43.2 Å². The number of hydrogen-bond acceptors (Lipinski definition) is 5. The number of nitrogens with one attached hydrogen (secondary N) is 1. The molecule has 0 aromatic carbocycles. The summed E-state index contributed by atoms with van der Waals surface area (Å²) in [4.78, 5) is 9.75. The predicted molar refractivity (Wildman–Crippen MR) is 95.3 cm³/mol. The quantitative estimate of drug-likeness (QED) is 0.617. The lowest BCUT2D eigenvalue weighted by Gasteiger charge is -2.30. The first kappa shape index (κ1) is 18.7. The number of anilines is 2. The number of allylic oxidation sites excluding steroid dienone is 1. The van der Waals surface area contributed by atoms with E-state index in [2.05, 4.69) is 32.2 Å². The molecule has 2 aromatic rings. The van der Waals surface area contributed by atoms with Gasteiger partial charge in [-0.15, -0.1) is 0 Å². The van der Waals surface area contributed by atoms with E-state index in [4.69, 9.17) is 0 Å². The Morgan fingerprint density at radius 1 is 1.15 bits per heavy atom. The molecule has 0 atom stereocenters. The third-order valence-corrected chi connectivity index (χ3v) is 4.16. The summed E-state index contributed by atoms with van der Waals surface area (Å²) in [5.74, 6) is 6.39. The van der Waals surface area contributed by atoms with Crippen LogP contribution in [0.25, 0.3) is 0 Å². The molecule has 0 amide bonds. The monoisotopic (exact) mass is 374 g/mol. The van der Waals surface area contributed by atoms with Gasteiger partial charge < -0.3 is 4.90 Å². The number of piperidine rings is 1. The second-order valence-electron chi connectivity index (χ2n) is 5.98. The molecular weight excluding hydrogens is 357 g/mol. The first-order valence-electron chi connectivity index (χ1n) is 8.30. The van der Waals surface area contributed by atoms with Crippen molar-refractivity contribution in [2.75, 3.05) is 23.5 Å². The maximum Gasteiger partial charge on any atom is 0.433 e. The van der Waals surface area contributed by atoms with Crippen molar-refractivity contribution in [1.82, 2.24) is 9.97 Å². The highest BCUT2D eigenvalue weighted by atomic mass is 19.4. The Balaban J connectivity index is 1.60. The molecule has 0 spiro atoms. The minimum Gasteiger partial charge on any atom is -0.354 e. The number of alkyl halides is 3. The Kier molecular flexibility index (Phi) is 5.62. The van der Waals surface area contributed by atoms with Crippen molar-refractivity contribution in [2.24, 2.45) is 0 Å². The van der Waals surface area contributed by atoms with Crippen molar-refractivity contribution in [3.05, 3.63) is 59.6 Å². The number of rotatable bonds is 2. The lowest BCUT2D eigenvalue weighted by Crippen LogP contribution is -2.31. The number of nitrogens with zero attached hydrogens (tertiary/aromatic N) is 3. The van der Waals surface area contributed by atoms with Gasteiger partial charge in [-0.2, -0.15) is 13.2 Å². The number of hydrogen-bond donors (Lipinski definition) is 2. The Hall–Kier alpha value is -3.05. The van der Waals surface area contributed by atoms with Crippen molar-refractivity contribution in [1.29, 1.82) is 0 Å². The van der Waals surface area contributed by atoms with Crippen LogP contribution in [0.5, 0.6) is 0 Å². The first-order valence-corrected chi connectivity index (χ1v) is 8.30. The summed E-state index contributed by atoms with van der Waals surface area (Å²) < 4.78 is 37.4. The van der Waals surface area contributed by atoms with E-state index in [-0.39, 0.29) is 0 Å². The third-order valence-electron chi connectivity index (χ3n) is 4.16. The number of halogens is 3. The standard InChI is InChI=1S/C19H17F3N4O/c20-19(21,22)17-7-6-15(13-24-17)4-1-3-14-8-11-26(12-9-14)18-16(25-27)5-2-10-23-18/h2-3,5-7,10,13,25,27H,8-9,11-12H2. The zero-order chi connectivity index (χ0) is 19.3. The molecule has 3 heterocycles. The van der Waals surface area contributed by atoms with E-state index in [0.29, 0.717) is 17.1 Å². The fourth-order valence-corrected chi connectivity index (χ4v) is 2.74. The van der Waals surface area contributed by atoms with Crippen LogP contribution in [-0.4, -0.2) is 28.3 Å². The van der Waals surface area contributed by atoms with Gasteiger partial charge in [0.05, 0.1) is 0 Å². The van der Waals surface area contributed by atoms with Crippen molar-refractivity contribution in [2.45, 2.75) is 19.0 Å². The maximum atomic E-state index is 12.5. The molecule has 2 aromatic heterocycles. The molecule has 27 heavy (non-hydrogen) atoms. The molecule has 8 heteroatoms. The SMILES string of the molecule is ONc1cccnc1N1CCC(=CC#Cc2ccc(C(F)(F)F)nc2)CC1. The van der Waals surface area contributed by atoms with E-state index in [0.717, 1.165) is 43.8 Å². The van der Waals surface area contributed by atoms with Gasteiger partial charge in [0.1, 0.15) is 11.4 Å². The smallest absolute Gasteiger partial charge is 0.354 e. The number of aromatic nitrogens is 2. The van der Waals surface area contributed by atoms with Crippen LogP contribution in [0.1, 0.15) is 24.1 Å². The van der Waals surface area contributed by atoms with E-state index < -0.39 is 11.9 Å². The molecular formula is C19H17F3N4O. The molecule has 1 aliphatic rings. The minimum atomic E-state index is -4.44. The Labute approximate surface area is 154 Å². The van der Waals surface area contributed by atoms with Crippen LogP contribution in [0.2, 0.25) is 0 Å². The fraction of sp³-hybridized carbons (Fsp3) is 0.263. The molecule has 3 rings (SSSR count). The van der Waals surface area contributed by atoms with Crippen LogP contribution in [0, 0.1) is 11.8 Å². The van der Waals surface area contributed by atoms with Gasteiger partial charge in [-0.25, -0.2) is 4.98 Å². The minimum absolute atomic E-state index is 0.435. The molecule has 1 fully saturated rings. The van der Waals surface area contributed by atoms with Gasteiger partial charge in [0, 0.05) is 31.0 Å². The molecule has 1 saturated heterocycles. The predicted octanol–water partition coefficient (Wildman–Crippen LogP) is 3.87. The summed E-state index contributed by atoms with van der Waals surface area (Å²) in [6.45, 7) is 1.47. The van der Waals surface area contributed by atoms with E-state index in [1.54, 1.807) is 24.4 Å². The van der Waals surface area contributed by atoms with Crippen LogP contribution in [0.15, 0.2) is 48.3 Å². The highest BCUT2D eigenvalue weighted by molar-refractivity contribution is 5.64. The Bertz CT molecular complexity index is 872. The first-order chi connectivity index (χ1) is 13.0. The zero-order valence-electron chi connectivity index (χ0n) is 14.3. The summed E-state index contributed by atoms with van der Waals surface area (Å²) >= 11 is 0. The largest absolute Gasteiger partial charge is 0.433 e. The second kappa shape index (κ2) is 8.10. The van der Waals surface area contributed by atoms with E-state index in [9.17, 15) is 18.4 Å². The molecule has 0 unspecified atom stereocenters. The molecule has 5 nitrogen and oxygen atoms in total. The average molecular weight is 374 g/mol. The summed E-state index contributed by atoms with van der Waals surface area (Å²) in [6.07, 6.45) is 1.74. The normalized spacial score (nSPS) is 14.4. The highest BCUT2D eigenvalue weighted by Crippen LogP contribution is 2.28. The van der Waals surface area contributed by atoms with Crippen molar-refractivity contribution < 1.29 is 18.4 Å². The van der Waals surface area contributed by atoms with Gasteiger partial charge in [0.25, 0.3) is 0 Å². The molecule has 0 radical (unpaired) electrons. The van der Waals surface area contributed by atoms with Gasteiger partial charge >= 0.3 is 6.18 Å². The summed E-state index contributed by atoms with van der Waals surface area (Å²) in [6, 6.07) is 5.73. The number of pyridine rings is 2. The lowest BCUT2D eigenvalue weighted by molar-refractivity contribution is -0.141. The maximum absolute atomic E-state index is 12.5. The second-order valence-corrected chi connectivity index (χ2v) is 5.98. The Morgan fingerprint density at radius 2 is 1.93 bits per heavy atom. The van der Waals surface area contributed by atoms with Crippen LogP contribution >= 0.6 is 0 Å². The summed E-state index contributed by atoms with van der Waals surface area (Å²) in [5, 5.41) is 9.17. The average Bonchev–Trinajstić information content (AvgIpc) is 2.68. The fourth-order valence-electron chi connectivity index (χ4n) is 2.74. The van der Waals surface area contributed by atoms with Crippen LogP contribution in [0.3, 0.4) is 0 Å². The van der Waals surface area contributed by atoms with Gasteiger partial charge in [0.15, 0.2) is 5.82 Å². The van der Waals surface area contributed by atoms with Crippen LogP contribution in [0.4, 0.5) is 24.7 Å². The molecule has 1 aliphatic heterocycles. The van der Waals surface area contributed by atoms with E-state index in [1.807, 2.05) is 0 Å². The molecule has 0 aliphatic carbocycles. The zero-order valence-corrected chi connectivity index (χ0v) is 14.3. The van der Waals surface area contributed by atoms with Gasteiger partial charge in [-0.1, -0.05) is 17.4 Å². The van der Waals surface area contributed by atoms with Crippen LogP contribution in [-0.2, 0) is 6.18 Å². The van der Waals surface area contributed by atoms with Gasteiger partial charge in [-0.3, -0.25) is 15.7 Å². The van der Waals surface area contributed by atoms with Crippen molar-refractivity contribution in [3.63, 3.8) is 0 Å².